The van der Waals surface area contributed by atoms with Crippen molar-refractivity contribution in [3.05, 3.63) is 29.4 Å². The Morgan fingerprint density at radius 2 is 2.42 bits per heavy atom. The molecule has 130 valence electrons. The van der Waals surface area contributed by atoms with E-state index in [0.29, 0.717) is 17.7 Å². The molecule has 0 spiro atoms. The third kappa shape index (κ3) is 4.00. The zero-order valence-electron chi connectivity index (χ0n) is 14.2. The Labute approximate surface area is 145 Å². The number of nitrogens with one attached hydrogen (secondary N) is 1. The molecular formula is C16H23N5O2S. The molecule has 0 aromatic carbocycles. The Morgan fingerprint density at radius 1 is 1.58 bits per heavy atom. The van der Waals surface area contributed by atoms with Gasteiger partial charge in [0.2, 0.25) is 11.8 Å². The van der Waals surface area contributed by atoms with Crippen LogP contribution in [0.25, 0.3) is 0 Å². The smallest absolute Gasteiger partial charge is 0.243 e. The van der Waals surface area contributed by atoms with E-state index in [0.717, 1.165) is 31.2 Å². The summed E-state index contributed by atoms with van der Waals surface area (Å²) in [5.74, 6) is 1.57. The molecule has 3 heterocycles. The summed E-state index contributed by atoms with van der Waals surface area (Å²) in [5.41, 5.74) is 0. The van der Waals surface area contributed by atoms with E-state index >= 15 is 0 Å². The van der Waals surface area contributed by atoms with Gasteiger partial charge >= 0.3 is 0 Å². The van der Waals surface area contributed by atoms with Crippen molar-refractivity contribution in [2.24, 2.45) is 0 Å². The maximum atomic E-state index is 12.3. The van der Waals surface area contributed by atoms with Crippen LogP contribution in [0.1, 0.15) is 25.0 Å². The van der Waals surface area contributed by atoms with E-state index in [2.05, 4.69) is 32.1 Å². The van der Waals surface area contributed by atoms with Gasteiger partial charge in [-0.05, 0) is 27.3 Å². The molecule has 0 bridgehead atoms. The standard InChI is InChI=1S/C16H23N5O2S/c1-11-8-18-14(23-11)10-20(3)13-4-6-21(9-13)12(2)15(22)19-16-17-5-7-24-16/h5,7-8,12-13H,4,6,9-10H2,1-3H3,(H,17,19,22)/t12-,13-/m1/s1. The molecule has 1 saturated heterocycles. The number of hydrogen-bond donors (Lipinski definition) is 1. The molecule has 0 saturated carbocycles. The largest absolute Gasteiger partial charge is 0.445 e. The average molecular weight is 349 g/mol. The fraction of sp³-hybridized carbons (Fsp3) is 0.562. The van der Waals surface area contributed by atoms with Crippen molar-refractivity contribution in [2.75, 3.05) is 25.5 Å². The average Bonchev–Trinajstić information content (AvgIpc) is 3.28. The molecule has 1 amide bonds. The van der Waals surface area contributed by atoms with Crippen LogP contribution in [0.4, 0.5) is 5.13 Å². The summed E-state index contributed by atoms with van der Waals surface area (Å²) >= 11 is 1.43. The number of amides is 1. The zero-order valence-corrected chi connectivity index (χ0v) is 15.0. The molecule has 1 aliphatic rings. The summed E-state index contributed by atoms with van der Waals surface area (Å²) in [7, 11) is 2.08. The van der Waals surface area contributed by atoms with Crippen LogP contribution in [-0.4, -0.2) is 57.9 Å². The van der Waals surface area contributed by atoms with Crippen LogP contribution in [0.2, 0.25) is 0 Å². The minimum Gasteiger partial charge on any atom is -0.445 e. The first-order chi connectivity index (χ1) is 11.5. The van der Waals surface area contributed by atoms with Gasteiger partial charge in [-0.15, -0.1) is 11.3 Å². The SMILES string of the molecule is Cc1cnc(CN(C)[C@@H]2CCN([C@H](C)C(=O)Nc3nccs3)C2)o1. The van der Waals surface area contributed by atoms with E-state index in [1.165, 1.54) is 11.3 Å². The number of carbonyl (C=O) groups is 1. The Balaban J connectivity index is 1.51. The third-order valence-corrected chi connectivity index (χ3v) is 5.15. The number of carbonyl (C=O) groups excluding carboxylic acids is 1. The first-order valence-corrected chi connectivity index (χ1v) is 8.97. The van der Waals surface area contributed by atoms with Crippen molar-refractivity contribution < 1.29 is 9.21 Å². The van der Waals surface area contributed by atoms with Crippen molar-refractivity contribution in [1.29, 1.82) is 0 Å². The van der Waals surface area contributed by atoms with E-state index in [1.807, 2.05) is 19.2 Å². The molecule has 1 fully saturated rings. The van der Waals surface area contributed by atoms with Gasteiger partial charge in [-0.3, -0.25) is 14.6 Å². The molecule has 0 aliphatic carbocycles. The Hall–Kier alpha value is -1.77. The van der Waals surface area contributed by atoms with Crippen LogP contribution in [-0.2, 0) is 11.3 Å². The quantitative estimate of drug-likeness (QED) is 0.859. The van der Waals surface area contributed by atoms with Gasteiger partial charge in [-0.1, -0.05) is 0 Å². The van der Waals surface area contributed by atoms with Crippen LogP contribution in [0.5, 0.6) is 0 Å². The lowest BCUT2D eigenvalue weighted by Gasteiger charge is -2.26. The van der Waals surface area contributed by atoms with Gasteiger partial charge in [-0.25, -0.2) is 9.97 Å². The number of anilines is 1. The molecule has 1 aliphatic heterocycles. The van der Waals surface area contributed by atoms with Crippen LogP contribution in [0, 0.1) is 6.92 Å². The van der Waals surface area contributed by atoms with Gasteiger partial charge in [0.1, 0.15) is 5.76 Å². The molecule has 3 rings (SSSR count). The molecule has 7 nitrogen and oxygen atoms in total. The summed E-state index contributed by atoms with van der Waals surface area (Å²) in [6.07, 6.45) is 4.47. The second-order valence-electron chi connectivity index (χ2n) is 6.22. The van der Waals surface area contributed by atoms with Gasteiger partial charge in [0, 0.05) is 30.7 Å². The van der Waals surface area contributed by atoms with Crippen LogP contribution >= 0.6 is 11.3 Å². The van der Waals surface area contributed by atoms with Gasteiger partial charge in [0.15, 0.2) is 5.13 Å². The molecule has 0 unspecified atom stereocenters. The lowest BCUT2D eigenvalue weighted by atomic mass is 10.2. The fourth-order valence-electron chi connectivity index (χ4n) is 2.96. The van der Waals surface area contributed by atoms with E-state index in [-0.39, 0.29) is 11.9 Å². The lowest BCUT2D eigenvalue weighted by Crippen LogP contribution is -2.42. The molecule has 1 N–H and O–H groups in total. The highest BCUT2D eigenvalue weighted by molar-refractivity contribution is 7.13. The van der Waals surface area contributed by atoms with Crippen molar-refractivity contribution in [3.8, 4) is 0 Å². The van der Waals surface area contributed by atoms with Crippen LogP contribution < -0.4 is 5.32 Å². The second-order valence-corrected chi connectivity index (χ2v) is 7.11. The number of hydrogen-bond acceptors (Lipinski definition) is 7. The molecule has 2 aromatic rings. The maximum absolute atomic E-state index is 12.3. The monoisotopic (exact) mass is 349 g/mol. The lowest BCUT2D eigenvalue weighted by molar-refractivity contribution is -0.120. The number of oxazole rings is 1. The minimum atomic E-state index is -0.170. The number of aryl methyl sites for hydroxylation is 1. The number of likely N-dealkylation sites (tertiary alicyclic amines) is 1. The van der Waals surface area contributed by atoms with Gasteiger partial charge in [0.05, 0.1) is 18.8 Å². The molecule has 0 radical (unpaired) electrons. The minimum absolute atomic E-state index is 0.00317. The molecule has 8 heteroatoms. The highest BCUT2D eigenvalue weighted by Crippen LogP contribution is 2.20. The van der Waals surface area contributed by atoms with Crippen molar-refractivity contribution in [1.82, 2.24) is 19.8 Å². The summed E-state index contributed by atoms with van der Waals surface area (Å²) in [6.45, 7) is 6.31. The molecule has 2 aromatic heterocycles. The van der Waals surface area contributed by atoms with E-state index in [9.17, 15) is 4.79 Å². The highest BCUT2D eigenvalue weighted by atomic mass is 32.1. The normalized spacial score (nSPS) is 19.8. The second kappa shape index (κ2) is 7.42. The van der Waals surface area contributed by atoms with Gasteiger partial charge in [0.25, 0.3) is 0 Å². The fourth-order valence-corrected chi connectivity index (χ4v) is 3.49. The Bertz CT molecular complexity index is 672. The van der Waals surface area contributed by atoms with E-state index in [1.54, 1.807) is 12.4 Å². The topological polar surface area (TPSA) is 74.5 Å². The number of thiazole rings is 1. The van der Waals surface area contributed by atoms with Crippen molar-refractivity contribution in [3.63, 3.8) is 0 Å². The van der Waals surface area contributed by atoms with Crippen molar-refractivity contribution >= 4 is 22.4 Å². The zero-order chi connectivity index (χ0) is 17.1. The predicted molar refractivity (Wildman–Crippen MR) is 92.9 cm³/mol. The van der Waals surface area contributed by atoms with Crippen LogP contribution in [0.15, 0.2) is 22.2 Å². The maximum Gasteiger partial charge on any atom is 0.243 e. The first kappa shape index (κ1) is 17.1. The van der Waals surface area contributed by atoms with E-state index in [4.69, 9.17) is 4.42 Å². The summed E-state index contributed by atoms with van der Waals surface area (Å²) in [5, 5.41) is 5.38. The molecule has 2 atom stereocenters. The predicted octanol–water partition coefficient (Wildman–Crippen LogP) is 1.97. The van der Waals surface area contributed by atoms with E-state index < -0.39 is 0 Å². The third-order valence-electron chi connectivity index (χ3n) is 4.46. The van der Waals surface area contributed by atoms with Gasteiger partial charge < -0.3 is 9.73 Å². The number of aromatic nitrogens is 2. The molecular weight excluding hydrogens is 326 g/mol. The van der Waals surface area contributed by atoms with Crippen molar-refractivity contribution in [2.45, 2.75) is 38.9 Å². The summed E-state index contributed by atoms with van der Waals surface area (Å²) in [4.78, 5) is 25.2. The summed E-state index contributed by atoms with van der Waals surface area (Å²) in [6, 6.07) is 0.226. The Morgan fingerprint density at radius 3 is 3.08 bits per heavy atom. The van der Waals surface area contributed by atoms with Gasteiger partial charge in [-0.2, -0.15) is 0 Å². The number of likely N-dealkylation sites (N-methyl/N-ethyl adjacent to an activating group) is 1. The number of nitrogens with zero attached hydrogens (tertiary/aromatic N) is 4. The number of rotatable bonds is 6. The first-order valence-electron chi connectivity index (χ1n) is 8.09. The molecule has 24 heavy (non-hydrogen) atoms. The summed E-state index contributed by atoms with van der Waals surface area (Å²) < 4.78 is 5.55. The highest BCUT2D eigenvalue weighted by Gasteiger charge is 2.32. The Kier molecular flexibility index (Phi) is 5.27. The van der Waals surface area contributed by atoms with Crippen LogP contribution in [0.3, 0.4) is 0 Å².